The number of nitro benzene ring substituents is 2. The Bertz CT molecular complexity index is 493. The molecule has 2 N–H and O–H groups in total. The van der Waals surface area contributed by atoms with Crippen LogP contribution in [0.5, 0.6) is 0 Å². The van der Waals surface area contributed by atoms with Gasteiger partial charge in [-0.15, -0.1) is 0 Å². The lowest BCUT2D eigenvalue weighted by atomic mass is 10.1. The SMILES string of the molecule is CNC(=O)c1cc([N+](=O)[O-])c(NC)c([N+](=O)[O-])c1. The monoisotopic (exact) mass is 254 g/mol. The predicted octanol–water partition coefficient (Wildman–Crippen LogP) is 0.904. The average Bonchev–Trinajstić information content (AvgIpc) is 2.35. The summed E-state index contributed by atoms with van der Waals surface area (Å²) in [5.41, 5.74) is -1.43. The standard InChI is InChI=1S/C9H10N4O5/c1-10-8-6(12(15)16)3-5(9(14)11-2)4-7(8)13(17)18/h3-4,10H,1-2H3,(H,11,14). The summed E-state index contributed by atoms with van der Waals surface area (Å²) in [7, 11) is 2.65. The smallest absolute Gasteiger partial charge is 0.300 e. The summed E-state index contributed by atoms with van der Waals surface area (Å²) in [5, 5.41) is 26.3. The number of amides is 1. The van der Waals surface area contributed by atoms with E-state index < -0.39 is 27.1 Å². The van der Waals surface area contributed by atoms with E-state index in [1.807, 2.05) is 0 Å². The van der Waals surface area contributed by atoms with Crippen molar-refractivity contribution < 1.29 is 14.6 Å². The van der Waals surface area contributed by atoms with Gasteiger partial charge in [0.15, 0.2) is 5.69 Å². The van der Waals surface area contributed by atoms with Gasteiger partial charge in [0.1, 0.15) is 0 Å². The Kier molecular flexibility index (Phi) is 3.77. The van der Waals surface area contributed by atoms with E-state index in [0.29, 0.717) is 0 Å². The van der Waals surface area contributed by atoms with E-state index in [4.69, 9.17) is 0 Å². The summed E-state index contributed by atoms with van der Waals surface area (Å²) in [6, 6.07) is 1.97. The number of hydrogen-bond donors (Lipinski definition) is 2. The van der Waals surface area contributed by atoms with Crippen molar-refractivity contribution in [2.75, 3.05) is 19.4 Å². The molecule has 0 atom stereocenters. The van der Waals surface area contributed by atoms with Gasteiger partial charge >= 0.3 is 0 Å². The number of carbonyl (C=O) groups excluding carboxylic acids is 1. The van der Waals surface area contributed by atoms with Crippen molar-refractivity contribution in [2.45, 2.75) is 0 Å². The highest BCUT2D eigenvalue weighted by atomic mass is 16.6. The molecule has 1 aromatic carbocycles. The number of rotatable bonds is 4. The van der Waals surface area contributed by atoms with Gasteiger partial charge in [-0.2, -0.15) is 0 Å². The summed E-state index contributed by atoms with van der Waals surface area (Å²) < 4.78 is 0. The second-order valence-electron chi connectivity index (χ2n) is 3.23. The quantitative estimate of drug-likeness (QED) is 0.607. The summed E-state index contributed by atoms with van der Waals surface area (Å²) in [6.45, 7) is 0. The van der Waals surface area contributed by atoms with Crippen molar-refractivity contribution in [3.63, 3.8) is 0 Å². The highest BCUT2D eigenvalue weighted by Crippen LogP contribution is 2.35. The Morgan fingerprint density at radius 3 is 1.83 bits per heavy atom. The van der Waals surface area contributed by atoms with Crippen LogP contribution in [0.4, 0.5) is 17.1 Å². The van der Waals surface area contributed by atoms with Crippen LogP contribution in [0, 0.1) is 20.2 Å². The van der Waals surface area contributed by atoms with E-state index in [1.165, 1.54) is 14.1 Å². The molecule has 0 radical (unpaired) electrons. The van der Waals surface area contributed by atoms with Crippen LogP contribution in [-0.4, -0.2) is 29.8 Å². The molecule has 0 aromatic heterocycles. The Morgan fingerprint density at radius 2 is 1.56 bits per heavy atom. The lowest BCUT2D eigenvalue weighted by molar-refractivity contribution is -0.392. The Balaban J connectivity index is 3.58. The third kappa shape index (κ3) is 2.34. The lowest BCUT2D eigenvalue weighted by Gasteiger charge is -2.06. The van der Waals surface area contributed by atoms with Gasteiger partial charge in [-0.1, -0.05) is 0 Å². The van der Waals surface area contributed by atoms with Gasteiger partial charge in [-0.3, -0.25) is 25.0 Å². The van der Waals surface area contributed by atoms with Gasteiger partial charge in [-0.25, -0.2) is 0 Å². The van der Waals surface area contributed by atoms with Crippen molar-refractivity contribution in [2.24, 2.45) is 0 Å². The number of nitrogens with one attached hydrogen (secondary N) is 2. The molecule has 18 heavy (non-hydrogen) atoms. The highest BCUT2D eigenvalue weighted by Gasteiger charge is 2.27. The number of carbonyl (C=O) groups is 1. The molecule has 0 fully saturated rings. The minimum absolute atomic E-state index is 0.144. The molecule has 9 nitrogen and oxygen atoms in total. The summed E-state index contributed by atoms with van der Waals surface area (Å²) in [4.78, 5) is 31.5. The molecular weight excluding hydrogens is 244 g/mol. The van der Waals surface area contributed by atoms with Crippen molar-refractivity contribution in [3.05, 3.63) is 37.9 Å². The van der Waals surface area contributed by atoms with Gasteiger partial charge in [0.25, 0.3) is 17.3 Å². The molecule has 0 spiro atoms. The maximum Gasteiger partial charge on any atom is 0.300 e. The van der Waals surface area contributed by atoms with Crippen LogP contribution >= 0.6 is 0 Å². The molecule has 1 aromatic rings. The van der Waals surface area contributed by atoms with Crippen molar-refractivity contribution in [1.82, 2.24) is 5.32 Å². The average molecular weight is 254 g/mol. The summed E-state index contributed by atoms with van der Waals surface area (Å²) in [5.74, 6) is -0.635. The molecule has 0 bridgehead atoms. The van der Waals surface area contributed by atoms with E-state index in [1.54, 1.807) is 0 Å². The van der Waals surface area contributed by atoms with Crippen LogP contribution in [-0.2, 0) is 0 Å². The first-order valence-electron chi connectivity index (χ1n) is 4.79. The highest BCUT2D eigenvalue weighted by molar-refractivity contribution is 5.97. The molecule has 0 aliphatic rings. The molecule has 0 aliphatic heterocycles. The molecule has 0 aliphatic carbocycles. The Labute approximate surface area is 101 Å². The number of anilines is 1. The maximum atomic E-state index is 11.4. The minimum atomic E-state index is -0.786. The van der Waals surface area contributed by atoms with E-state index >= 15 is 0 Å². The molecule has 0 heterocycles. The van der Waals surface area contributed by atoms with Crippen molar-refractivity contribution in [3.8, 4) is 0 Å². The minimum Gasteiger partial charge on any atom is -0.377 e. The fraction of sp³-hybridized carbons (Fsp3) is 0.222. The topological polar surface area (TPSA) is 127 Å². The largest absolute Gasteiger partial charge is 0.377 e. The first kappa shape index (κ1) is 13.4. The molecule has 0 unspecified atom stereocenters. The summed E-state index contributed by atoms with van der Waals surface area (Å²) >= 11 is 0. The summed E-state index contributed by atoms with van der Waals surface area (Å²) in [6.07, 6.45) is 0. The van der Waals surface area contributed by atoms with Gasteiger partial charge in [0.05, 0.1) is 15.4 Å². The van der Waals surface area contributed by atoms with Crippen molar-refractivity contribution in [1.29, 1.82) is 0 Å². The zero-order valence-electron chi connectivity index (χ0n) is 9.59. The first-order valence-corrected chi connectivity index (χ1v) is 4.79. The van der Waals surface area contributed by atoms with Crippen LogP contribution in [0.2, 0.25) is 0 Å². The molecular formula is C9H10N4O5. The van der Waals surface area contributed by atoms with Gasteiger partial charge in [0.2, 0.25) is 0 Å². The number of nitrogens with zero attached hydrogens (tertiary/aromatic N) is 2. The zero-order valence-corrected chi connectivity index (χ0v) is 9.59. The van der Waals surface area contributed by atoms with E-state index in [2.05, 4.69) is 10.6 Å². The second-order valence-corrected chi connectivity index (χ2v) is 3.23. The fourth-order valence-electron chi connectivity index (χ4n) is 1.43. The third-order valence-corrected chi connectivity index (χ3v) is 2.23. The van der Waals surface area contributed by atoms with Crippen LogP contribution < -0.4 is 10.6 Å². The lowest BCUT2D eigenvalue weighted by Crippen LogP contribution is -2.18. The second kappa shape index (κ2) is 5.08. The number of benzene rings is 1. The van der Waals surface area contributed by atoms with Crippen LogP contribution in [0.15, 0.2) is 12.1 Å². The molecule has 0 saturated carbocycles. The molecule has 96 valence electrons. The first-order chi connectivity index (χ1) is 8.42. The van der Waals surface area contributed by atoms with E-state index in [0.717, 1.165) is 12.1 Å². The molecule has 9 heteroatoms. The Hall–Kier alpha value is -2.71. The number of hydrogen-bond acceptors (Lipinski definition) is 6. The normalized spacial score (nSPS) is 9.67. The van der Waals surface area contributed by atoms with Crippen LogP contribution in [0.3, 0.4) is 0 Å². The number of nitro groups is 2. The van der Waals surface area contributed by atoms with Gasteiger partial charge in [0, 0.05) is 26.2 Å². The Morgan fingerprint density at radius 1 is 1.11 bits per heavy atom. The maximum absolute atomic E-state index is 11.4. The zero-order chi connectivity index (χ0) is 13.9. The molecule has 1 amide bonds. The molecule has 1 rings (SSSR count). The van der Waals surface area contributed by atoms with Crippen LogP contribution in [0.25, 0.3) is 0 Å². The van der Waals surface area contributed by atoms with Gasteiger partial charge in [-0.05, 0) is 0 Å². The van der Waals surface area contributed by atoms with Gasteiger partial charge < -0.3 is 10.6 Å². The third-order valence-electron chi connectivity index (χ3n) is 2.23. The van der Waals surface area contributed by atoms with Crippen molar-refractivity contribution >= 4 is 23.0 Å². The molecule has 0 saturated heterocycles. The predicted molar refractivity (Wildman–Crippen MR) is 62.7 cm³/mol. The van der Waals surface area contributed by atoms with E-state index in [-0.39, 0.29) is 11.3 Å². The van der Waals surface area contributed by atoms with E-state index in [9.17, 15) is 25.0 Å². The van der Waals surface area contributed by atoms with Crippen LogP contribution in [0.1, 0.15) is 10.4 Å². The fourth-order valence-corrected chi connectivity index (χ4v) is 1.43.